The van der Waals surface area contributed by atoms with Gasteiger partial charge in [-0.2, -0.15) is 0 Å². The Bertz CT molecular complexity index is 969. The second kappa shape index (κ2) is 8.09. The van der Waals surface area contributed by atoms with E-state index in [4.69, 9.17) is 4.74 Å². The quantitative estimate of drug-likeness (QED) is 0.663. The van der Waals surface area contributed by atoms with E-state index >= 15 is 0 Å². The molecule has 1 aromatic heterocycles. The number of para-hydroxylation sites is 2. The Morgan fingerprint density at radius 1 is 1.04 bits per heavy atom. The predicted octanol–water partition coefficient (Wildman–Crippen LogP) is 4.57. The maximum Gasteiger partial charge on any atom is 0.222 e. The van der Waals surface area contributed by atoms with Crippen LogP contribution in [0.3, 0.4) is 0 Å². The van der Waals surface area contributed by atoms with E-state index in [1.807, 2.05) is 11.0 Å². The number of aryl methyl sites for hydroxylation is 2. The van der Waals surface area contributed by atoms with Gasteiger partial charge in [0.1, 0.15) is 5.75 Å². The van der Waals surface area contributed by atoms with Crippen molar-refractivity contribution in [2.24, 2.45) is 0 Å². The maximum atomic E-state index is 12.7. The zero-order chi connectivity index (χ0) is 19.5. The molecule has 0 aliphatic carbocycles. The highest BCUT2D eigenvalue weighted by atomic mass is 16.5. The number of aromatic nitrogens is 1. The van der Waals surface area contributed by atoms with Gasteiger partial charge in [-0.3, -0.25) is 4.79 Å². The normalized spacial score (nSPS) is 14.0. The lowest BCUT2D eigenvalue weighted by atomic mass is 10.1. The summed E-state index contributed by atoms with van der Waals surface area (Å²) in [6.45, 7) is 6.28. The molecule has 4 nitrogen and oxygen atoms in total. The van der Waals surface area contributed by atoms with Gasteiger partial charge in [-0.05, 0) is 49.4 Å². The Kier molecular flexibility index (Phi) is 5.38. The molecule has 1 amide bonds. The number of H-pyrrole nitrogens is 1. The van der Waals surface area contributed by atoms with Gasteiger partial charge in [0.05, 0.1) is 6.61 Å². The minimum Gasteiger partial charge on any atom is -0.493 e. The van der Waals surface area contributed by atoms with Crippen LogP contribution in [0.25, 0.3) is 10.9 Å². The summed E-state index contributed by atoms with van der Waals surface area (Å²) < 4.78 is 5.94. The molecule has 1 aliphatic rings. The molecular formula is C24H28N2O2. The largest absolute Gasteiger partial charge is 0.493 e. The molecule has 0 fully saturated rings. The summed E-state index contributed by atoms with van der Waals surface area (Å²) >= 11 is 0. The lowest BCUT2D eigenvalue weighted by molar-refractivity contribution is -0.131. The number of benzene rings is 2. The van der Waals surface area contributed by atoms with Crippen molar-refractivity contribution in [3.05, 3.63) is 64.8 Å². The van der Waals surface area contributed by atoms with Gasteiger partial charge in [0.15, 0.2) is 0 Å². The summed E-state index contributed by atoms with van der Waals surface area (Å²) in [4.78, 5) is 18.2. The first-order valence-electron chi connectivity index (χ1n) is 10.2. The van der Waals surface area contributed by atoms with Crippen molar-refractivity contribution in [1.82, 2.24) is 9.88 Å². The molecule has 3 aromatic rings. The molecule has 0 bridgehead atoms. The number of carbonyl (C=O) groups excluding carboxylic acids is 1. The lowest BCUT2D eigenvalue weighted by Crippen LogP contribution is -2.33. The first kappa shape index (κ1) is 18.6. The molecule has 2 aromatic carbocycles. The Morgan fingerprint density at radius 3 is 2.61 bits per heavy atom. The van der Waals surface area contributed by atoms with E-state index < -0.39 is 0 Å². The number of nitrogens with one attached hydrogen (secondary N) is 1. The van der Waals surface area contributed by atoms with Gasteiger partial charge in [-0.1, -0.05) is 36.4 Å². The average Bonchev–Trinajstić information content (AvgIpc) is 2.91. The molecule has 146 valence electrons. The van der Waals surface area contributed by atoms with Crippen LogP contribution in [-0.4, -0.2) is 35.5 Å². The van der Waals surface area contributed by atoms with E-state index in [1.54, 1.807) is 0 Å². The van der Waals surface area contributed by atoms with E-state index in [0.717, 1.165) is 49.2 Å². The fourth-order valence-corrected chi connectivity index (χ4v) is 4.19. The molecule has 28 heavy (non-hydrogen) atoms. The Labute approximate surface area is 166 Å². The minimum atomic E-state index is 0.236. The van der Waals surface area contributed by atoms with Crippen LogP contribution in [0, 0.1) is 13.8 Å². The minimum absolute atomic E-state index is 0.236. The zero-order valence-corrected chi connectivity index (χ0v) is 16.8. The highest BCUT2D eigenvalue weighted by Gasteiger charge is 2.21. The summed E-state index contributed by atoms with van der Waals surface area (Å²) in [5, 5.41) is 1.30. The molecule has 1 aliphatic heterocycles. The van der Waals surface area contributed by atoms with Crippen molar-refractivity contribution < 1.29 is 9.53 Å². The third-order valence-corrected chi connectivity index (χ3v) is 5.71. The third kappa shape index (κ3) is 3.77. The van der Waals surface area contributed by atoms with Gasteiger partial charge in [0.25, 0.3) is 0 Å². The fourth-order valence-electron chi connectivity index (χ4n) is 4.19. The number of fused-ring (bicyclic) bond motifs is 3. The summed E-state index contributed by atoms with van der Waals surface area (Å²) in [5.74, 6) is 1.19. The number of amides is 1. The summed E-state index contributed by atoms with van der Waals surface area (Å²) in [6.07, 6.45) is 3.11. The van der Waals surface area contributed by atoms with Crippen molar-refractivity contribution in [2.75, 3.05) is 19.7 Å². The molecule has 0 atom stereocenters. The standard InChI is InChI=1S/C24H28N2O2/c1-17-7-5-8-18(2)24(17)28-16-6-11-23(27)26-14-12-20-19-9-3-4-10-21(19)25-22(20)13-15-26/h3-5,7-10,25H,6,11-16H2,1-2H3. The first-order chi connectivity index (χ1) is 13.6. The van der Waals surface area contributed by atoms with Crippen molar-refractivity contribution >= 4 is 16.8 Å². The molecule has 0 saturated carbocycles. The van der Waals surface area contributed by atoms with Crippen molar-refractivity contribution in [3.8, 4) is 5.75 Å². The van der Waals surface area contributed by atoms with E-state index in [1.165, 1.54) is 22.2 Å². The Balaban J connectivity index is 1.30. The number of rotatable bonds is 5. The fraction of sp³-hybridized carbons (Fsp3) is 0.375. The number of hydrogen-bond donors (Lipinski definition) is 1. The number of nitrogens with zero attached hydrogens (tertiary/aromatic N) is 1. The molecule has 0 unspecified atom stereocenters. The topological polar surface area (TPSA) is 45.3 Å². The molecule has 1 N–H and O–H groups in total. The molecule has 2 heterocycles. The van der Waals surface area contributed by atoms with Gasteiger partial charge >= 0.3 is 0 Å². The van der Waals surface area contributed by atoms with Gasteiger partial charge in [-0.15, -0.1) is 0 Å². The average molecular weight is 377 g/mol. The summed E-state index contributed by atoms with van der Waals surface area (Å²) in [5.41, 5.74) is 6.16. The van der Waals surface area contributed by atoms with Gasteiger partial charge < -0.3 is 14.6 Å². The monoisotopic (exact) mass is 376 g/mol. The maximum absolute atomic E-state index is 12.7. The number of ether oxygens (including phenoxy) is 1. The lowest BCUT2D eigenvalue weighted by Gasteiger charge is -2.20. The van der Waals surface area contributed by atoms with E-state index in [9.17, 15) is 4.79 Å². The van der Waals surface area contributed by atoms with Crippen LogP contribution in [0.2, 0.25) is 0 Å². The summed E-state index contributed by atoms with van der Waals surface area (Å²) in [7, 11) is 0. The van der Waals surface area contributed by atoms with E-state index in [0.29, 0.717) is 13.0 Å². The van der Waals surface area contributed by atoms with E-state index in [-0.39, 0.29) is 5.91 Å². The Hall–Kier alpha value is -2.75. The van der Waals surface area contributed by atoms with Crippen LogP contribution < -0.4 is 4.74 Å². The number of aromatic amines is 1. The van der Waals surface area contributed by atoms with Crippen LogP contribution >= 0.6 is 0 Å². The smallest absolute Gasteiger partial charge is 0.222 e. The zero-order valence-electron chi connectivity index (χ0n) is 16.8. The SMILES string of the molecule is Cc1cccc(C)c1OCCCC(=O)N1CCc2[nH]c3ccccc3c2CC1. The number of carbonyl (C=O) groups is 1. The number of hydrogen-bond acceptors (Lipinski definition) is 2. The molecular weight excluding hydrogens is 348 g/mol. The molecule has 4 heteroatoms. The molecule has 0 radical (unpaired) electrons. The van der Waals surface area contributed by atoms with Crippen LogP contribution in [-0.2, 0) is 17.6 Å². The second-order valence-electron chi connectivity index (χ2n) is 7.68. The molecule has 0 spiro atoms. The molecule has 4 rings (SSSR count). The highest BCUT2D eigenvalue weighted by Crippen LogP contribution is 2.26. The van der Waals surface area contributed by atoms with Gasteiger partial charge in [0.2, 0.25) is 5.91 Å². The van der Waals surface area contributed by atoms with Crippen LogP contribution in [0.15, 0.2) is 42.5 Å². The van der Waals surface area contributed by atoms with Crippen molar-refractivity contribution in [3.63, 3.8) is 0 Å². The highest BCUT2D eigenvalue weighted by molar-refractivity contribution is 5.85. The predicted molar refractivity (Wildman–Crippen MR) is 113 cm³/mol. The summed E-state index contributed by atoms with van der Waals surface area (Å²) in [6, 6.07) is 14.6. The van der Waals surface area contributed by atoms with Crippen LogP contribution in [0.1, 0.15) is 35.2 Å². The third-order valence-electron chi connectivity index (χ3n) is 5.71. The first-order valence-corrected chi connectivity index (χ1v) is 10.2. The van der Waals surface area contributed by atoms with Gasteiger partial charge in [-0.25, -0.2) is 0 Å². The van der Waals surface area contributed by atoms with Crippen LogP contribution in [0.5, 0.6) is 5.75 Å². The van der Waals surface area contributed by atoms with E-state index in [2.05, 4.69) is 55.2 Å². The van der Waals surface area contributed by atoms with Crippen molar-refractivity contribution in [1.29, 1.82) is 0 Å². The van der Waals surface area contributed by atoms with Crippen molar-refractivity contribution in [2.45, 2.75) is 39.5 Å². The second-order valence-corrected chi connectivity index (χ2v) is 7.68. The molecule has 0 saturated heterocycles. The van der Waals surface area contributed by atoms with Crippen LogP contribution in [0.4, 0.5) is 0 Å². The Morgan fingerprint density at radius 2 is 1.79 bits per heavy atom. The van der Waals surface area contributed by atoms with Gasteiger partial charge in [0, 0.05) is 42.5 Å².